The lowest BCUT2D eigenvalue weighted by molar-refractivity contribution is 0.848. The predicted octanol–water partition coefficient (Wildman–Crippen LogP) is 6.04. The van der Waals surface area contributed by atoms with Crippen LogP contribution in [0.1, 0.15) is 6.92 Å². The summed E-state index contributed by atoms with van der Waals surface area (Å²) in [5.74, 6) is 0.910. The lowest BCUT2D eigenvalue weighted by atomic mass is 10.4. The van der Waals surface area contributed by atoms with Gasteiger partial charge < -0.3 is 10.6 Å². The molecule has 2 N–H and O–H groups in total. The highest BCUT2D eigenvalue weighted by Crippen LogP contribution is 2.42. The molecular weight excluding hydrogens is 390 g/mol. The molecule has 1 atom stereocenters. The minimum atomic E-state index is -0.139. The summed E-state index contributed by atoms with van der Waals surface area (Å²) in [6.45, 7) is 2.07. The van der Waals surface area contributed by atoms with Gasteiger partial charge in [-0.25, -0.2) is 4.98 Å². The van der Waals surface area contributed by atoms with Crippen LogP contribution in [0.15, 0.2) is 104 Å². The van der Waals surface area contributed by atoms with E-state index in [1.807, 2.05) is 18.3 Å². The molecule has 0 aliphatic carbocycles. The summed E-state index contributed by atoms with van der Waals surface area (Å²) in [5.41, 5.74) is 7.29. The first-order valence-electron chi connectivity index (χ1n) is 8.53. The molecule has 0 amide bonds. The molecule has 3 nitrogen and oxygen atoms in total. The van der Waals surface area contributed by atoms with Crippen LogP contribution in [0.5, 0.6) is 0 Å². The van der Waals surface area contributed by atoms with Crippen LogP contribution in [0.3, 0.4) is 0 Å². The monoisotopic (exact) mass is 409 g/mol. The van der Waals surface area contributed by atoms with Gasteiger partial charge in [0, 0.05) is 26.6 Å². The summed E-state index contributed by atoms with van der Waals surface area (Å²) in [5, 5.41) is 2.09. The van der Waals surface area contributed by atoms with E-state index >= 15 is 0 Å². The van der Waals surface area contributed by atoms with Crippen LogP contribution in [-0.2, 0) is 0 Å². The molecule has 0 saturated carbocycles. The smallest absolute Gasteiger partial charge is 0.148 e. The molecule has 1 unspecified atom stereocenters. The SMILES string of the molecule is CC1=CSC(N)N1c1ncc(Sc2ccccc2)cc1Sc1ccccc1. The molecule has 3 aromatic rings. The zero-order valence-corrected chi connectivity index (χ0v) is 17.2. The van der Waals surface area contributed by atoms with Crippen LogP contribution in [0.2, 0.25) is 0 Å². The number of pyridine rings is 1. The molecule has 0 fully saturated rings. The molecule has 1 aromatic heterocycles. The molecule has 1 aliphatic heterocycles. The van der Waals surface area contributed by atoms with Gasteiger partial charge in [-0.2, -0.15) is 0 Å². The molecule has 27 heavy (non-hydrogen) atoms. The highest BCUT2D eigenvalue weighted by molar-refractivity contribution is 8.03. The minimum absolute atomic E-state index is 0.139. The summed E-state index contributed by atoms with van der Waals surface area (Å²) >= 11 is 5.06. The Bertz CT molecular complexity index is 945. The quantitative estimate of drug-likeness (QED) is 0.554. The van der Waals surface area contributed by atoms with Crippen LogP contribution in [0, 0.1) is 0 Å². The van der Waals surface area contributed by atoms with E-state index in [-0.39, 0.29) is 5.50 Å². The van der Waals surface area contributed by atoms with E-state index in [0.717, 1.165) is 21.3 Å². The number of allylic oxidation sites excluding steroid dienone is 1. The number of rotatable bonds is 5. The summed E-state index contributed by atoms with van der Waals surface area (Å²) in [6.07, 6.45) is 1.94. The van der Waals surface area contributed by atoms with Crippen molar-refractivity contribution in [3.05, 3.63) is 84.0 Å². The number of benzene rings is 2. The molecule has 0 saturated heterocycles. The Hall–Kier alpha value is -1.86. The van der Waals surface area contributed by atoms with Gasteiger partial charge in [0.2, 0.25) is 0 Å². The highest BCUT2D eigenvalue weighted by Gasteiger charge is 2.26. The van der Waals surface area contributed by atoms with Crippen molar-refractivity contribution in [2.45, 2.75) is 32.0 Å². The zero-order chi connectivity index (χ0) is 18.6. The van der Waals surface area contributed by atoms with Crippen molar-refractivity contribution in [2.75, 3.05) is 4.90 Å². The van der Waals surface area contributed by atoms with Crippen molar-refractivity contribution in [2.24, 2.45) is 5.73 Å². The van der Waals surface area contributed by atoms with E-state index < -0.39 is 0 Å². The van der Waals surface area contributed by atoms with Crippen molar-refractivity contribution in [3.8, 4) is 0 Å². The van der Waals surface area contributed by atoms with Gasteiger partial charge in [0.05, 0.1) is 4.90 Å². The lowest BCUT2D eigenvalue weighted by Crippen LogP contribution is -2.35. The fourth-order valence-electron chi connectivity index (χ4n) is 2.75. The Kier molecular flexibility index (Phi) is 5.78. The van der Waals surface area contributed by atoms with E-state index in [1.54, 1.807) is 35.3 Å². The fraction of sp³-hybridized carbons (Fsp3) is 0.0952. The molecule has 4 rings (SSSR count). The van der Waals surface area contributed by atoms with Crippen LogP contribution in [0.25, 0.3) is 0 Å². The average molecular weight is 410 g/mol. The van der Waals surface area contributed by atoms with Crippen LogP contribution in [-0.4, -0.2) is 10.5 Å². The van der Waals surface area contributed by atoms with Crippen molar-refractivity contribution < 1.29 is 0 Å². The zero-order valence-electron chi connectivity index (χ0n) is 14.8. The Morgan fingerprint density at radius 3 is 2.15 bits per heavy atom. The van der Waals surface area contributed by atoms with Crippen molar-refractivity contribution in [1.29, 1.82) is 0 Å². The van der Waals surface area contributed by atoms with Gasteiger partial charge in [-0.3, -0.25) is 0 Å². The Labute approximate surface area is 172 Å². The average Bonchev–Trinajstić information content (AvgIpc) is 3.02. The van der Waals surface area contributed by atoms with E-state index in [0.29, 0.717) is 0 Å². The Morgan fingerprint density at radius 2 is 1.56 bits per heavy atom. The number of aromatic nitrogens is 1. The maximum Gasteiger partial charge on any atom is 0.148 e. The van der Waals surface area contributed by atoms with Crippen LogP contribution >= 0.6 is 35.3 Å². The van der Waals surface area contributed by atoms with Crippen molar-refractivity contribution in [1.82, 2.24) is 4.98 Å². The summed E-state index contributed by atoms with van der Waals surface area (Å²) < 4.78 is 0. The summed E-state index contributed by atoms with van der Waals surface area (Å²) in [7, 11) is 0. The second-order valence-corrected chi connectivity index (χ2v) is 9.23. The first-order chi connectivity index (χ1) is 13.2. The van der Waals surface area contributed by atoms with Gasteiger partial charge in [0.15, 0.2) is 0 Å². The second-order valence-electron chi connectivity index (χ2n) is 5.98. The van der Waals surface area contributed by atoms with Gasteiger partial charge in [-0.1, -0.05) is 71.7 Å². The largest absolute Gasteiger partial charge is 0.303 e. The third-order valence-corrected chi connectivity index (χ3v) is 6.96. The molecule has 6 heteroatoms. The number of thioether (sulfide) groups is 1. The second kappa shape index (κ2) is 8.44. The molecule has 136 valence electrons. The highest BCUT2D eigenvalue weighted by atomic mass is 32.2. The Morgan fingerprint density at radius 1 is 0.926 bits per heavy atom. The van der Waals surface area contributed by atoms with Crippen LogP contribution < -0.4 is 10.6 Å². The van der Waals surface area contributed by atoms with Gasteiger partial charge >= 0.3 is 0 Å². The number of hydrogen-bond acceptors (Lipinski definition) is 6. The topological polar surface area (TPSA) is 42.1 Å². The molecule has 0 bridgehead atoms. The molecule has 0 radical (unpaired) electrons. The summed E-state index contributed by atoms with van der Waals surface area (Å²) in [4.78, 5) is 11.5. The van der Waals surface area contributed by atoms with Gasteiger partial charge in [-0.15, -0.1) is 0 Å². The van der Waals surface area contributed by atoms with E-state index in [2.05, 4.69) is 71.8 Å². The van der Waals surface area contributed by atoms with Gasteiger partial charge in [0.25, 0.3) is 0 Å². The number of nitrogens with zero attached hydrogens (tertiary/aromatic N) is 2. The molecule has 2 aromatic carbocycles. The molecule has 2 heterocycles. The lowest BCUT2D eigenvalue weighted by Gasteiger charge is -2.26. The molecule has 0 spiro atoms. The number of hydrogen-bond donors (Lipinski definition) is 1. The predicted molar refractivity (Wildman–Crippen MR) is 117 cm³/mol. The van der Waals surface area contributed by atoms with Gasteiger partial charge in [-0.05, 0) is 42.7 Å². The third-order valence-electron chi connectivity index (χ3n) is 4.00. The van der Waals surface area contributed by atoms with E-state index in [9.17, 15) is 0 Å². The summed E-state index contributed by atoms with van der Waals surface area (Å²) in [6, 6.07) is 23.0. The van der Waals surface area contributed by atoms with Crippen molar-refractivity contribution >= 4 is 41.1 Å². The van der Waals surface area contributed by atoms with E-state index in [1.165, 1.54) is 9.79 Å². The molecule has 1 aliphatic rings. The fourth-order valence-corrected chi connectivity index (χ4v) is 5.48. The first-order valence-corrected chi connectivity index (χ1v) is 11.1. The maximum absolute atomic E-state index is 6.31. The number of anilines is 1. The Balaban J connectivity index is 1.71. The third kappa shape index (κ3) is 4.35. The molecular formula is C21H19N3S3. The van der Waals surface area contributed by atoms with Crippen molar-refractivity contribution in [3.63, 3.8) is 0 Å². The maximum atomic E-state index is 6.31. The minimum Gasteiger partial charge on any atom is -0.303 e. The van der Waals surface area contributed by atoms with Crippen LogP contribution in [0.4, 0.5) is 5.82 Å². The van der Waals surface area contributed by atoms with Gasteiger partial charge in [0.1, 0.15) is 11.3 Å². The standard InChI is InChI=1S/C21H19N3S3/c1-15-14-25-21(22)24(15)20-19(27-17-10-6-3-7-11-17)12-18(13-23-20)26-16-8-4-2-5-9-16/h2-14,21H,22H2,1H3. The number of nitrogens with two attached hydrogens (primary N) is 1. The first kappa shape index (κ1) is 18.5. The van der Waals surface area contributed by atoms with E-state index in [4.69, 9.17) is 10.7 Å². The normalized spacial score (nSPS) is 16.4.